The number of hydrogen-bond acceptors (Lipinski definition) is 5. The number of amides is 2. The smallest absolute Gasteiger partial charge is 0.326 e. The lowest BCUT2D eigenvalue weighted by molar-refractivity contribution is -0.385. The third kappa shape index (κ3) is 4.27. The second kappa shape index (κ2) is 7.16. The fraction of sp³-hybridized carbons (Fsp3) is 0.308. The number of carbonyl (C=O) groups excluding carboxylic acids is 2. The van der Waals surface area contributed by atoms with Crippen LogP contribution < -0.4 is 11.1 Å². The van der Waals surface area contributed by atoms with E-state index in [4.69, 9.17) is 10.8 Å². The first-order valence-corrected chi connectivity index (χ1v) is 6.30. The summed E-state index contributed by atoms with van der Waals surface area (Å²) in [6, 6.07) is 2.62. The van der Waals surface area contributed by atoms with E-state index in [2.05, 4.69) is 5.32 Å². The van der Waals surface area contributed by atoms with E-state index in [0.717, 1.165) is 0 Å². The maximum Gasteiger partial charge on any atom is 0.326 e. The molecule has 4 N–H and O–H groups in total. The van der Waals surface area contributed by atoms with E-state index in [1.807, 2.05) is 0 Å². The second-order valence-corrected chi connectivity index (χ2v) is 4.58. The molecule has 1 atom stereocenters. The summed E-state index contributed by atoms with van der Waals surface area (Å²) in [6.45, 7) is 1.40. The summed E-state index contributed by atoms with van der Waals surface area (Å²) >= 11 is 0. The summed E-state index contributed by atoms with van der Waals surface area (Å²) in [5, 5.41) is 22.1. The molecule has 1 unspecified atom stereocenters. The van der Waals surface area contributed by atoms with Crippen molar-refractivity contribution < 1.29 is 24.4 Å². The van der Waals surface area contributed by atoms with Gasteiger partial charge >= 0.3 is 5.97 Å². The topological polar surface area (TPSA) is 153 Å². The number of nitrogens with one attached hydrogen (secondary N) is 1. The van der Waals surface area contributed by atoms with Crippen molar-refractivity contribution in [3.63, 3.8) is 0 Å². The molecule has 9 nitrogen and oxygen atoms in total. The van der Waals surface area contributed by atoms with Gasteiger partial charge in [0, 0.05) is 23.6 Å². The average Bonchev–Trinajstić information content (AvgIpc) is 2.42. The van der Waals surface area contributed by atoms with Crippen molar-refractivity contribution in [2.75, 3.05) is 0 Å². The number of carboxylic acids is 1. The Bertz CT molecular complexity index is 628. The fourth-order valence-corrected chi connectivity index (χ4v) is 1.85. The predicted octanol–water partition coefficient (Wildman–Crippen LogP) is 0.352. The van der Waals surface area contributed by atoms with Gasteiger partial charge in [-0.2, -0.15) is 0 Å². The van der Waals surface area contributed by atoms with Crippen LogP contribution in [0.25, 0.3) is 0 Å². The maximum absolute atomic E-state index is 12.1. The highest BCUT2D eigenvalue weighted by Crippen LogP contribution is 2.21. The summed E-state index contributed by atoms with van der Waals surface area (Å²) in [5.41, 5.74) is 4.83. The highest BCUT2D eigenvalue weighted by Gasteiger charge is 2.24. The third-order valence-electron chi connectivity index (χ3n) is 3.03. The Hall–Kier alpha value is -2.97. The molecule has 0 fully saturated rings. The van der Waals surface area contributed by atoms with Gasteiger partial charge in [-0.15, -0.1) is 0 Å². The van der Waals surface area contributed by atoms with Gasteiger partial charge in [0.25, 0.3) is 11.6 Å². The molecule has 0 heterocycles. The zero-order chi connectivity index (χ0) is 16.9. The summed E-state index contributed by atoms with van der Waals surface area (Å²) in [5.74, 6) is -2.78. The minimum Gasteiger partial charge on any atom is -0.480 e. The van der Waals surface area contributed by atoms with E-state index in [1.54, 1.807) is 0 Å². The van der Waals surface area contributed by atoms with Crippen LogP contribution in [0.15, 0.2) is 18.2 Å². The molecule has 22 heavy (non-hydrogen) atoms. The van der Waals surface area contributed by atoms with E-state index < -0.39 is 28.7 Å². The van der Waals surface area contributed by atoms with Gasteiger partial charge in [-0.3, -0.25) is 19.7 Å². The number of nitrogens with two attached hydrogens (primary N) is 1. The molecule has 1 aromatic rings. The maximum atomic E-state index is 12.1. The van der Waals surface area contributed by atoms with Crippen LogP contribution in [0.3, 0.4) is 0 Å². The van der Waals surface area contributed by atoms with E-state index in [9.17, 15) is 24.5 Å². The summed E-state index contributed by atoms with van der Waals surface area (Å²) in [6.07, 6.45) is -0.366. The van der Waals surface area contributed by atoms with Crippen LogP contribution in [0.2, 0.25) is 0 Å². The summed E-state index contributed by atoms with van der Waals surface area (Å²) < 4.78 is 0. The van der Waals surface area contributed by atoms with Crippen molar-refractivity contribution in [3.8, 4) is 0 Å². The molecule has 0 bridgehead atoms. The lowest BCUT2D eigenvalue weighted by Gasteiger charge is -2.14. The number of carboxylic acid groups (broad SMARTS) is 1. The molecule has 0 aliphatic carbocycles. The van der Waals surface area contributed by atoms with Gasteiger partial charge in [0.15, 0.2) is 0 Å². The number of benzene rings is 1. The molecular weight excluding hydrogens is 294 g/mol. The first-order valence-electron chi connectivity index (χ1n) is 6.30. The predicted molar refractivity (Wildman–Crippen MR) is 75.2 cm³/mol. The number of primary amides is 1. The van der Waals surface area contributed by atoms with Crippen LogP contribution in [0, 0.1) is 17.0 Å². The highest BCUT2D eigenvalue weighted by atomic mass is 16.6. The van der Waals surface area contributed by atoms with Gasteiger partial charge < -0.3 is 16.2 Å². The normalized spacial score (nSPS) is 11.5. The van der Waals surface area contributed by atoms with Crippen LogP contribution >= 0.6 is 0 Å². The van der Waals surface area contributed by atoms with Gasteiger partial charge in [-0.1, -0.05) is 6.07 Å². The third-order valence-corrected chi connectivity index (χ3v) is 3.03. The number of aliphatic carboxylic acids is 1. The Morgan fingerprint density at radius 2 is 2.05 bits per heavy atom. The highest BCUT2D eigenvalue weighted by molar-refractivity contribution is 5.98. The molecule has 0 saturated carbocycles. The van der Waals surface area contributed by atoms with Crippen molar-refractivity contribution in [2.24, 2.45) is 5.73 Å². The standard InChI is InChI=1S/C13H15N3O6/c1-7-8(3-2-4-10(7)16(21)22)12(18)15-9(13(19)20)5-6-11(14)17/h2-4,9H,5-6H2,1H3,(H2,14,17)(H,15,18)(H,19,20). The van der Waals surface area contributed by atoms with Gasteiger partial charge in [0.2, 0.25) is 5.91 Å². The number of nitro benzene ring substituents is 1. The molecule has 118 valence electrons. The van der Waals surface area contributed by atoms with Crippen molar-refractivity contribution in [1.29, 1.82) is 0 Å². The largest absolute Gasteiger partial charge is 0.480 e. The van der Waals surface area contributed by atoms with Gasteiger partial charge in [0.1, 0.15) is 6.04 Å². The van der Waals surface area contributed by atoms with Crippen molar-refractivity contribution in [2.45, 2.75) is 25.8 Å². The van der Waals surface area contributed by atoms with Crippen molar-refractivity contribution in [1.82, 2.24) is 5.32 Å². The quantitative estimate of drug-likeness (QED) is 0.488. The zero-order valence-electron chi connectivity index (χ0n) is 11.7. The monoisotopic (exact) mass is 309 g/mol. The molecule has 1 rings (SSSR count). The van der Waals surface area contributed by atoms with E-state index >= 15 is 0 Å². The molecule has 0 aromatic heterocycles. The Morgan fingerprint density at radius 1 is 1.41 bits per heavy atom. The SMILES string of the molecule is Cc1c(C(=O)NC(CCC(N)=O)C(=O)O)cccc1[N+](=O)[O-]. The molecule has 0 radical (unpaired) electrons. The van der Waals surface area contributed by atoms with Crippen molar-refractivity contribution >= 4 is 23.5 Å². The summed E-state index contributed by atoms with van der Waals surface area (Å²) in [4.78, 5) is 44.0. The minimum atomic E-state index is -1.32. The number of rotatable bonds is 7. The number of nitrogens with zero attached hydrogens (tertiary/aromatic N) is 1. The summed E-state index contributed by atoms with van der Waals surface area (Å²) in [7, 11) is 0. The molecule has 0 aliphatic heterocycles. The molecule has 2 amide bonds. The Balaban J connectivity index is 2.95. The number of nitro groups is 1. The Morgan fingerprint density at radius 3 is 2.55 bits per heavy atom. The lowest BCUT2D eigenvalue weighted by atomic mass is 10.0. The first kappa shape index (κ1) is 17.1. The zero-order valence-corrected chi connectivity index (χ0v) is 11.7. The van der Waals surface area contributed by atoms with Gasteiger partial charge in [-0.25, -0.2) is 4.79 Å². The Kier molecular flexibility index (Phi) is 5.56. The number of carbonyl (C=O) groups is 3. The van der Waals surface area contributed by atoms with Crippen LogP contribution in [0.4, 0.5) is 5.69 Å². The lowest BCUT2D eigenvalue weighted by Crippen LogP contribution is -2.41. The molecule has 0 aliphatic rings. The van der Waals surface area contributed by atoms with E-state index in [-0.39, 0.29) is 29.7 Å². The molecule has 1 aromatic carbocycles. The average molecular weight is 309 g/mol. The molecular formula is C13H15N3O6. The van der Waals surface area contributed by atoms with Crippen LogP contribution in [-0.2, 0) is 9.59 Å². The van der Waals surface area contributed by atoms with Crippen LogP contribution in [0.5, 0.6) is 0 Å². The van der Waals surface area contributed by atoms with Crippen LogP contribution in [-0.4, -0.2) is 33.9 Å². The number of hydrogen-bond donors (Lipinski definition) is 3. The minimum absolute atomic E-state index is 0.000440. The Labute approximate surface area is 125 Å². The van der Waals surface area contributed by atoms with Gasteiger partial charge in [0.05, 0.1) is 4.92 Å². The first-order chi connectivity index (χ1) is 10.2. The van der Waals surface area contributed by atoms with Crippen molar-refractivity contribution in [3.05, 3.63) is 39.4 Å². The molecule has 9 heteroatoms. The molecule has 0 saturated heterocycles. The van der Waals surface area contributed by atoms with E-state index in [0.29, 0.717) is 0 Å². The second-order valence-electron chi connectivity index (χ2n) is 4.58. The van der Waals surface area contributed by atoms with Crippen LogP contribution in [0.1, 0.15) is 28.8 Å². The molecule has 0 spiro atoms. The fourth-order valence-electron chi connectivity index (χ4n) is 1.85. The van der Waals surface area contributed by atoms with Gasteiger partial charge in [-0.05, 0) is 19.4 Å². The van der Waals surface area contributed by atoms with E-state index in [1.165, 1.54) is 25.1 Å².